The van der Waals surface area contributed by atoms with Crippen molar-refractivity contribution in [3.05, 3.63) is 12.2 Å². The Hall–Kier alpha value is -1.89. The molecule has 0 aliphatic heterocycles. The van der Waals surface area contributed by atoms with E-state index in [0.717, 1.165) is 19.3 Å². The number of unbranched alkanes of at least 4 members (excludes halogenated alkanes) is 12. The van der Waals surface area contributed by atoms with Gasteiger partial charge in [0, 0.05) is 0 Å². The zero-order valence-electron chi connectivity index (χ0n) is 24.1. The lowest BCUT2D eigenvalue weighted by Gasteiger charge is -2.42. The summed E-state index contributed by atoms with van der Waals surface area (Å²) in [5, 5.41) is 28.5. The molecular weight excluding hydrogens is 470 g/mol. The Bertz CT molecular complexity index is 607. The normalized spacial score (nSPS) is 15.8. The molecule has 0 aliphatic carbocycles. The minimum atomic E-state index is -0.933. The molecule has 0 spiro atoms. The van der Waals surface area contributed by atoms with Crippen LogP contribution in [0, 0.1) is 17.8 Å². The number of allylic oxidation sites excluding steroid dienone is 2. The highest BCUT2D eigenvalue weighted by Crippen LogP contribution is 2.22. The van der Waals surface area contributed by atoms with Gasteiger partial charge in [0.2, 0.25) is 0 Å². The third-order valence-corrected chi connectivity index (χ3v) is 7.39. The van der Waals surface area contributed by atoms with Crippen molar-refractivity contribution in [2.24, 2.45) is 17.8 Å². The molecule has 0 radical (unpaired) electrons. The van der Waals surface area contributed by atoms with Gasteiger partial charge in [0.25, 0.3) is 0 Å². The van der Waals surface area contributed by atoms with E-state index in [4.69, 9.17) is 0 Å². The number of carboxylic acid groups (broad SMARTS) is 3. The molecule has 0 rings (SSSR count). The molecule has 7 nitrogen and oxygen atoms in total. The Balaban J connectivity index is 4.50. The van der Waals surface area contributed by atoms with Gasteiger partial charge in [0.05, 0.1) is 26.2 Å². The smallest absolute Gasteiger partial charge is 0.311 e. The number of nitrogens with zero attached hydrogens (tertiary/aromatic N) is 1. The van der Waals surface area contributed by atoms with E-state index in [1.165, 1.54) is 70.6 Å². The van der Waals surface area contributed by atoms with Gasteiger partial charge >= 0.3 is 17.9 Å². The standard InChI is InChI=1S/C30H55NO6/c1-5-6-7-8-9-10-11-12-13-14-15-16-17-18-19-20-21-31(22-25(2)28(32)33,23-26(3)29(34)35)24-27(4)30(36)37/h8-9,25-27H,5-7,10-24H2,1-4H3,(H2-,32,33,34,35,36,37)/p+1/b9-8+. The number of carbonyl (C=O) groups is 3. The average Bonchev–Trinajstić information content (AvgIpc) is 2.83. The highest BCUT2D eigenvalue weighted by atomic mass is 16.4. The maximum absolute atomic E-state index is 11.6. The second kappa shape index (κ2) is 21.1. The molecule has 0 aliphatic rings. The number of hydrogen-bond donors (Lipinski definition) is 3. The van der Waals surface area contributed by atoms with Crippen LogP contribution in [0.5, 0.6) is 0 Å². The fraction of sp³-hybridized carbons (Fsp3) is 0.833. The zero-order valence-corrected chi connectivity index (χ0v) is 24.1. The van der Waals surface area contributed by atoms with Crippen LogP contribution in [0.15, 0.2) is 12.2 Å². The number of aliphatic carboxylic acids is 3. The van der Waals surface area contributed by atoms with Crippen LogP contribution in [0.4, 0.5) is 0 Å². The van der Waals surface area contributed by atoms with E-state index < -0.39 is 35.7 Å². The topological polar surface area (TPSA) is 112 Å². The minimum Gasteiger partial charge on any atom is -0.481 e. The Labute approximate surface area is 225 Å². The molecule has 0 fully saturated rings. The first-order chi connectivity index (χ1) is 17.5. The van der Waals surface area contributed by atoms with E-state index in [-0.39, 0.29) is 24.1 Å². The van der Waals surface area contributed by atoms with Gasteiger partial charge in [-0.2, -0.15) is 0 Å². The van der Waals surface area contributed by atoms with Crippen LogP contribution in [0.3, 0.4) is 0 Å². The SMILES string of the molecule is CCCC/C=C/CCCCCCCCCCCC[N+](CC(C)C(=O)O)(CC(C)C(=O)O)CC(C)C(=O)O. The molecule has 0 bridgehead atoms. The Morgan fingerprint density at radius 1 is 0.568 bits per heavy atom. The van der Waals surface area contributed by atoms with E-state index in [2.05, 4.69) is 19.1 Å². The molecule has 0 aromatic rings. The Kier molecular flexibility index (Phi) is 20.0. The van der Waals surface area contributed by atoms with Crippen molar-refractivity contribution in [3.63, 3.8) is 0 Å². The van der Waals surface area contributed by atoms with Gasteiger partial charge in [-0.05, 0) is 52.9 Å². The van der Waals surface area contributed by atoms with Crippen LogP contribution < -0.4 is 0 Å². The van der Waals surface area contributed by atoms with Crippen LogP contribution >= 0.6 is 0 Å². The van der Waals surface area contributed by atoms with Crippen LogP contribution in [0.1, 0.15) is 118 Å². The molecule has 3 N–H and O–H groups in total. The number of carboxylic acids is 3. The summed E-state index contributed by atoms with van der Waals surface area (Å²) in [5.74, 6) is -4.80. The van der Waals surface area contributed by atoms with E-state index in [1.54, 1.807) is 20.8 Å². The quantitative estimate of drug-likeness (QED) is 0.0670. The first-order valence-corrected chi connectivity index (χ1v) is 14.7. The summed E-state index contributed by atoms with van der Waals surface area (Å²) >= 11 is 0. The molecule has 0 aromatic carbocycles. The van der Waals surface area contributed by atoms with Crippen molar-refractivity contribution in [1.82, 2.24) is 0 Å². The predicted molar refractivity (Wildman–Crippen MR) is 150 cm³/mol. The number of rotatable bonds is 25. The van der Waals surface area contributed by atoms with Gasteiger partial charge in [-0.25, -0.2) is 0 Å². The molecule has 0 saturated heterocycles. The Morgan fingerprint density at radius 3 is 1.24 bits per heavy atom. The first kappa shape index (κ1) is 35.1. The van der Waals surface area contributed by atoms with E-state index in [0.29, 0.717) is 6.54 Å². The van der Waals surface area contributed by atoms with Gasteiger partial charge in [0.1, 0.15) is 17.8 Å². The fourth-order valence-corrected chi connectivity index (χ4v) is 5.16. The summed E-state index contributed by atoms with van der Waals surface area (Å²) in [6.07, 6.45) is 21.4. The Morgan fingerprint density at radius 2 is 0.892 bits per heavy atom. The molecule has 37 heavy (non-hydrogen) atoms. The summed E-state index contributed by atoms with van der Waals surface area (Å²) in [7, 11) is 0. The summed E-state index contributed by atoms with van der Waals surface area (Å²) in [4.78, 5) is 34.8. The number of quaternary nitrogens is 1. The van der Waals surface area contributed by atoms with Crippen molar-refractivity contribution in [2.75, 3.05) is 26.2 Å². The molecule has 3 unspecified atom stereocenters. The van der Waals surface area contributed by atoms with Gasteiger partial charge in [0.15, 0.2) is 0 Å². The summed E-state index contributed by atoms with van der Waals surface area (Å²) in [6, 6.07) is 0. The largest absolute Gasteiger partial charge is 0.481 e. The maximum Gasteiger partial charge on any atom is 0.311 e. The monoisotopic (exact) mass is 526 g/mol. The van der Waals surface area contributed by atoms with Crippen LogP contribution in [-0.4, -0.2) is 63.9 Å². The molecule has 3 atom stereocenters. The van der Waals surface area contributed by atoms with Crippen LogP contribution in [0.2, 0.25) is 0 Å². The lowest BCUT2D eigenvalue weighted by atomic mass is 10.00. The van der Waals surface area contributed by atoms with Crippen molar-refractivity contribution < 1.29 is 34.2 Å². The average molecular weight is 527 g/mol. The highest BCUT2D eigenvalue weighted by molar-refractivity contribution is 5.70. The van der Waals surface area contributed by atoms with Crippen molar-refractivity contribution in [1.29, 1.82) is 0 Å². The van der Waals surface area contributed by atoms with Gasteiger partial charge in [-0.3, -0.25) is 14.4 Å². The van der Waals surface area contributed by atoms with Crippen molar-refractivity contribution in [2.45, 2.75) is 118 Å². The zero-order chi connectivity index (χ0) is 28.1. The lowest BCUT2D eigenvalue weighted by molar-refractivity contribution is -0.934. The molecule has 0 amide bonds. The summed E-state index contributed by atoms with van der Waals surface area (Å²) in [5.41, 5.74) is 0. The van der Waals surface area contributed by atoms with Gasteiger partial charge in [-0.1, -0.05) is 76.9 Å². The highest BCUT2D eigenvalue weighted by Gasteiger charge is 2.38. The van der Waals surface area contributed by atoms with Crippen molar-refractivity contribution >= 4 is 17.9 Å². The van der Waals surface area contributed by atoms with Crippen LogP contribution in [-0.2, 0) is 14.4 Å². The summed E-state index contributed by atoms with van der Waals surface area (Å²) < 4.78 is 0.224. The molecule has 0 heterocycles. The predicted octanol–water partition coefficient (Wildman–Crippen LogP) is 7.00. The molecule has 0 saturated carbocycles. The van der Waals surface area contributed by atoms with E-state index in [9.17, 15) is 29.7 Å². The second-order valence-electron chi connectivity index (χ2n) is 11.3. The minimum absolute atomic E-state index is 0.224. The fourth-order valence-electron chi connectivity index (χ4n) is 5.16. The number of hydrogen-bond acceptors (Lipinski definition) is 3. The maximum atomic E-state index is 11.6. The van der Waals surface area contributed by atoms with Gasteiger partial charge < -0.3 is 19.8 Å². The van der Waals surface area contributed by atoms with E-state index >= 15 is 0 Å². The molecule has 0 aromatic heterocycles. The van der Waals surface area contributed by atoms with Crippen molar-refractivity contribution in [3.8, 4) is 0 Å². The third kappa shape index (κ3) is 18.1. The van der Waals surface area contributed by atoms with Crippen LogP contribution in [0.25, 0.3) is 0 Å². The molecule has 216 valence electrons. The molecular formula is C30H56NO6+. The lowest BCUT2D eigenvalue weighted by Crippen LogP contribution is -2.57. The molecule has 7 heteroatoms. The summed E-state index contributed by atoms with van der Waals surface area (Å²) in [6.45, 7) is 8.45. The second-order valence-corrected chi connectivity index (χ2v) is 11.3. The van der Waals surface area contributed by atoms with Gasteiger partial charge in [-0.15, -0.1) is 0 Å². The first-order valence-electron chi connectivity index (χ1n) is 14.7. The third-order valence-electron chi connectivity index (χ3n) is 7.39. The van der Waals surface area contributed by atoms with E-state index in [1.807, 2.05) is 0 Å².